The van der Waals surface area contributed by atoms with Gasteiger partial charge in [-0.15, -0.1) is 6.58 Å². The van der Waals surface area contributed by atoms with Crippen molar-refractivity contribution in [1.29, 1.82) is 0 Å². The fourth-order valence-corrected chi connectivity index (χ4v) is 1.67. The fraction of sp³-hybridized carbons (Fsp3) is 0.400. The highest BCUT2D eigenvalue weighted by atomic mass is 19.1. The van der Waals surface area contributed by atoms with E-state index in [-0.39, 0.29) is 12.4 Å². The van der Waals surface area contributed by atoms with Gasteiger partial charge in [-0.1, -0.05) is 12.1 Å². The number of guanidine groups is 1. The molecule has 0 spiro atoms. The Morgan fingerprint density at radius 1 is 1.45 bits per heavy atom. The maximum absolute atomic E-state index is 13.5. The highest BCUT2D eigenvalue weighted by Gasteiger charge is 2.03. The number of halogens is 1. The summed E-state index contributed by atoms with van der Waals surface area (Å²) in [5, 5.41) is 6.24. The molecule has 20 heavy (non-hydrogen) atoms. The van der Waals surface area contributed by atoms with Crippen LogP contribution in [0.4, 0.5) is 4.39 Å². The molecular weight excluding hydrogens is 257 g/mol. The molecule has 0 fully saturated rings. The number of hydrogen-bond acceptors (Lipinski definition) is 2. The number of hydrogen-bond donors (Lipinski definition) is 2. The zero-order chi connectivity index (χ0) is 14.8. The minimum absolute atomic E-state index is 0.253. The van der Waals surface area contributed by atoms with Gasteiger partial charge in [-0.25, -0.2) is 9.38 Å². The number of nitrogens with one attached hydrogen (secondary N) is 2. The summed E-state index contributed by atoms with van der Waals surface area (Å²) in [5.41, 5.74) is 1.48. The van der Waals surface area contributed by atoms with Crippen LogP contribution in [-0.2, 0) is 17.9 Å². The van der Waals surface area contributed by atoms with Crippen LogP contribution in [0.3, 0.4) is 0 Å². The molecular formula is C15H22FN3O. The van der Waals surface area contributed by atoms with Crippen molar-refractivity contribution < 1.29 is 9.13 Å². The molecule has 0 aliphatic rings. The summed E-state index contributed by atoms with van der Waals surface area (Å²) in [6.45, 7) is 7.81. The van der Waals surface area contributed by atoms with Crippen molar-refractivity contribution >= 4 is 5.96 Å². The summed E-state index contributed by atoms with van der Waals surface area (Å²) >= 11 is 0. The van der Waals surface area contributed by atoms with E-state index in [1.54, 1.807) is 25.3 Å². The Kier molecular flexibility index (Phi) is 7.35. The second-order valence-corrected chi connectivity index (χ2v) is 4.22. The summed E-state index contributed by atoms with van der Waals surface area (Å²) in [5.74, 6) is 0.460. The highest BCUT2D eigenvalue weighted by Crippen LogP contribution is 2.12. The molecule has 0 aliphatic heterocycles. The predicted molar refractivity (Wildman–Crippen MR) is 80.1 cm³/mol. The lowest BCUT2D eigenvalue weighted by Gasteiger charge is -2.10. The standard InChI is InChI=1S/C15H22FN3O/c1-4-8-18-15(17-5-2)19-10-12-6-7-14(16)13(9-12)11-20-3/h4,6-7,9H,1,5,8,10-11H2,2-3H3,(H2,17,18,19). The lowest BCUT2D eigenvalue weighted by molar-refractivity contribution is 0.181. The molecule has 0 aliphatic carbocycles. The first-order valence-electron chi connectivity index (χ1n) is 6.60. The number of nitrogens with zero attached hydrogens (tertiary/aromatic N) is 1. The average molecular weight is 279 g/mol. The number of benzene rings is 1. The van der Waals surface area contributed by atoms with Gasteiger partial charge in [-0.3, -0.25) is 0 Å². The smallest absolute Gasteiger partial charge is 0.191 e. The van der Waals surface area contributed by atoms with Gasteiger partial charge in [0.05, 0.1) is 13.2 Å². The van der Waals surface area contributed by atoms with E-state index >= 15 is 0 Å². The Bertz CT molecular complexity index is 460. The topological polar surface area (TPSA) is 45.7 Å². The minimum atomic E-state index is -0.253. The Morgan fingerprint density at radius 3 is 2.90 bits per heavy atom. The normalized spacial score (nSPS) is 11.2. The van der Waals surface area contributed by atoms with Crippen LogP contribution in [-0.4, -0.2) is 26.2 Å². The first-order chi connectivity index (χ1) is 9.71. The van der Waals surface area contributed by atoms with Gasteiger partial charge in [0.1, 0.15) is 5.82 Å². The Labute approximate surface area is 119 Å². The zero-order valence-corrected chi connectivity index (χ0v) is 12.1. The van der Waals surface area contributed by atoms with Crippen molar-refractivity contribution in [1.82, 2.24) is 10.6 Å². The van der Waals surface area contributed by atoms with Gasteiger partial charge in [0, 0.05) is 25.8 Å². The molecule has 110 valence electrons. The first-order valence-corrected chi connectivity index (χ1v) is 6.60. The third kappa shape index (κ3) is 5.40. The molecule has 0 unspecified atom stereocenters. The second-order valence-electron chi connectivity index (χ2n) is 4.22. The van der Waals surface area contributed by atoms with E-state index in [4.69, 9.17) is 4.74 Å². The zero-order valence-electron chi connectivity index (χ0n) is 12.1. The first kappa shape index (κ1) is 16.2. The van der Waals surface area contributed by atoms with Gasteiger partial charge in [-0.2, -0.15) is 0 Å². The van der Waals surface area contributed by atoms with Gasteiger partial charge in [0.25, 0.3) is 0 Å². The molecule has 4 nitrogen and oxygen atoms in total. The van der Waals surface area contributed by atoms with E-state index in [9.17, 15) is 4.39 Å². The van der Waals surface area contributed by atoms with Crippen LogP contribution in [0.1, 0.15) is 18.1 Å². The Balaban J connectivity index is 2.74. The van der Waals surface area contributed by atoms with Gasteiger partial charge < -0.3 is 15.4 Å². The van der Waals surface area contributed by atoms with Crippen LogP contribution in [0, 0.1) is 5.82 Å². The molecule has 0 amide bonds. The largest absolute Gasteiger partial charge is 0.380 e. The number of methoxy groups -OCH3 is 1. The average Bonchev–Trinajstić information content (AvgIpc) is 2.45. The van der Waals surface area contributed by atoms with E-state index < -0.39 is 0 Å². The second kappa shape index (κ2) is 9.09. The lowest BCUT2D eigenvalue weighted by atomic mass is 10.1. The lowest BCUT2D eigenvalue weighted by Crippen LogP contribution is -2.37. The van der Waals surface area contributed by atoms with Crippen molar-refractivity contribution in [3.63, 3.8) is 0 Å². The molecule has 5 heteroatoms. The van der Waals surface area contributed by atoms with Crippen LogP contribution in [0.25, 0.3) is 0 Å². The SMILES string of the molecule is C=CCNC(=NCc1ccc(F)c(COC)c1)NCC. The summed E-state index contributed by atoms with van der Waals surface area (Å²) in [6.07, 6.45) is 1.77. The minimum Gasteiger partial charge on any atom is -0.380 e. The molecule has 0 radical (unpaired) electrons. The van der Waals surface area contributed by atoms with E-state index in [0.717, 1.165) is 12.1 Å². The van der Waals surface area contributed by atoms with Gasteiger partial charge in [0.2, 0.25) is 0 Å². The molecule has 0 atom stereocenters. The van der Waals surface area contributed by atoms with E-state index in [1.807, 2.05) is 6.92 Å². The van der Waals surface area contributed by atoms with Crippen LogP contribution in [0.15, 0.2) is 35.8 Å². The fourth-order valence-electron chi connectivity index (χ4n) is 1.67. The van der Waals surface area contributed by atoms with E-state index in [0.29, 0.717) is 24.6 Å². The summed E-state index contributed by atoms with van der Waals surface area (Å²) in [4.78, 5) is 4.44. The molecule has 0 heterocycles. The summed E-state index contributed by atoms with van der Waals surface area (Å²) < 4.78 is 18.5. The van der Waals surface area contributed by atoms with Crippen LogP contribution < -0.4 is 10.6 Å². The van der Waals surface area contributed by atoms with E-state index in [2.05, 4.69) is 22.2 Å². The number of rotatable bonds is 7. The van der Waals surface area contributed by atoms with Crippen molar-refractivity contribution in [3.05, 3.63) is 47.8 Å². The maximum Gasteiger partial charge on any atom is 0.191 e. The Hall–Kier alpha value is -1.88. The van der Waals surface area contributed by atoms with Gasteiger partial charge >= 0.3 is 0 Å². The molecule has 0 aromatic heterocycles. The quantitative estimate of drug-likeness (QED) is 0.457. The monoisotopic (exact) mass is 279 g/mol. The van der Waals surface area contributed by atoms with Gasteiger partial charge in [-0.05, 0) is 24.6 Å². The van der Waals surface area contributed by atoms with Crippen molar-refractivity contribution in [2.45, 2.75) is 20.1 Å². The highest BCUT2D eigenvalue weighted by molar-refractivity contribution is 5.79. The molecule has 0 bridgehead atoms. The molecule has 1 aromatic rings. The third-order valence-electron chi connectivity index (χ3n) is 2.59. The van der Waals surface area contributed by atoms with Crippen molar-refractivity contribution in [2.24, 2.45) is 4.99 Å². The summed E-state index contributed by atoms with van der Waals surface area (Å²) in [7, 11) is 1.55. The summed E-state index contributed by atoms with van der Waals surface area (Å²) in [6, 6.07) is 4.96. The van der Waals surface area contributed by atoms with Crippen molar-refractivity contribution in [2.75, 3.05) is 20.2 Å². The molecule has 0 saturated carbocycles. The molecule has 0 saturated heterocycles. The maximum atomic E-state index is 13.5. The van der Waals surface area contributed by atoms with Crippen molar-refractivity contribution in [3.8, 4) is 0 Å². The molecule has 1 rings (SSSR count). The Morgan fingerprint density at radius 2 is 2.25 bits per heavy atom. The van der Waals surface area contributed by atoms with E-state index in [1.165, 1.54) is 6.07 Å². The third-order valence-corrected chi connectivity index (χ3v) is 2.59. The van der Waals surface area contributed by atoms with Crippen LogP contribution >= 0.6 is 0 Å². The van der Waals surface area contributed by atoms with Gasteiger partial charge in [0.15, 0.2) is 5.96 Å². The molecule has 1 aromatic carbocycles. The number of ether oxygens (including phenoxy) is 1. The van der Waals surface area contributed by atoms with Crippen LogP contribution in [0.5, 0.6) is 0 Å². The predicted octanol–water partition coefficient (Wildman–Crippen LogP) is 2.21. The number of aliphatic imine (C=N–C) groups is 1. The van der Waals surface area contributed by atoms with Crippen LogP contribution in [0.2, 0.25) is 0 Å². The molecule has 2 N–H and O–H groups in total.